The number of carbonyl (C=O) groups is 1. The first kappa shape index (κ1) is 14.5. The van der Waals surface area contributed by atoms with Gasteiger partial charge >= 0.3 is 0 Å². The zero-order chi connectivity index (χ0) is 14.8. The number of fused-ring (bicyclic) bond motifs is 1. The summed E-state index contributed by atoms with van der Waals surface area (Å²) < 4.78 is 1.02. The molecule has 1 amide bonds. The molecule has 3 rings (SSSR count). The highest BCUT2D eigenvalue weighted by atomic mass is 35.5. The molecule has 1 aliphatic carbocycles. The Morgan fingerprint density at radius 3 is 3.00 bits per heavy atom. The van der Waals surface area contributed by atoms with E-state index in [0.29, 0.717) is 15.8 Å². The van der Waals surface area contributed by atoms with Gasteiger partial charge in [-0.3, -0.25) is 4.79 Å². The van der Waals surface area contributed by atoms with Crippen molar-refractivity contribution in [2.45, 2.75) is 32.6 Å². The summed E-state index contributed by atoms with van der Waals surface area (Å²) in [6, 6.07) is 7.77. The van der Waals surface area contributed by atoms with Crippen LogP contribution in [0.3, 0.4) is 0 Å². The van der Waals surface area contributed by atoms with Crippen molar-refractivity contribution >= 4 is 44.6 Å². The van der Waals surface area contributed by atoms with Gasteiger partial charge in [-0.05, 0) is 37.7 Å². The molecule has 2 aromatic rings. The Morgan fingerprint density at radius 1 is 1.43 bits per heavy atom. The van der Waals surface area contributed by atoms with Gasteiger partial charge < -0.3 is 0 Å². The van der Waals surface area contributed by atoms with E-state index >= 15 is 0 Å². The van der Waals surface area contributed by atoms with Gasteiger partial charge in [0.05, 0.1) is 5.02 Å². The molecule has 21 heavy (non-hydrogen) atoms. The highest BCUT2D eigenvalue weighted by molar-refractivity contribution is 7.21. The lowest BCUT2D eigenvalue weighted by molar-refractivity contribution is 0.0958. The second-order valence-corrected chi connectivity index (χ2v) is 6.99. The number of rotatable bonds is 2. The second-order valence-electron chi connectivity index (χ2n) is 5.56. The minimum atomic E-state index is -0.216. The molecule has 3 nitrogen and oxygen atoms in total. The van der Waals surface area contributed by atoms with Crippen LogP contribution in [0.2, 0.25) is 5.02 Å². The van der Waals surface area contributed by atoms with Crippen molar-refractivity contribution < 1.29 is 4.79 Å². The Hall–Kier alpha value is -1.39. The molecule has 0 saturated heterocycles. The van der Waals surface area contributed by atoms with E-state index in [0.717, 1.165) is 35.1 Å². The number of hydrogen-bond acceptors (Lipinski definition) is 3. The van der Waals surface area contributed by atoms with E-state index in [1.807, 2.05) is 24.3 Å². The number of hydrazone groups is 1. The van der Waals surface area contributed by atoms with E-state index in [4.69, 9.17) is 11.6 Å². The van der Waals surface area contributed by atoms with Crippen LogP contribution in [0.25, 0.3) is 10.1 Å². The fourth-order valence-corrected chi connectivity index (χ4v) is 4.11. The van der Waals surface area contributed by atoms with Crippen LogP contribution in [0.5, 0.6) is 0 Å². The Labute approximate surface area is 133 Å². The van der Waals surface area contributed by atoms with Crippen LogP contribution >= 0.6 is 22.9 Å². The molecule has 1 heterocycles. The predicted molar refractivity (Wildman–Crippen MR) is 89.4 cm³/mol. The predicted octanol–water partition coefficient (Wildman–Crippen LogP) is 4.85. The number of nitrogens with one attached hydrogen (secondary N) is 1. The van der Waals surface area contributed by atoms with E-state index in [1.165, 1.54) is 17.8 Å². The maximum absolute atomic E-state index is 12.3. The molecule has 0 bridgehead atoms. The maximum atomic E-state index is 12.3. The third-order valence-electron chi connectivity index (χ3n) is 3.80. The molecular formula is C16H17ClN2OS. The molecule has 1 N–H and O–H groups in total. The third kappa shape index (κ3) is 3.11. The molecular weight excluding hydrogens is 304 g/mol. The molecule has 1 aromatic carbocycles. The van der Waals surface area contributed by atoms with E-state index in [-0.39, 0.29) is 5.91 Å². The lowest BCUT2D eigenvalue weighted by Gasteiger charge is -2.18. The number of nitrogens with zero attached hydrogens (tertiary/aromatic N) is 1. The Balaban J connectivity index is 1.78. The van der Waals surface area contributed by atoms with Crippen LogP contribution < -0.4 is 5.43 Å². The van der Waals surface area contributed by atoms with Crippen molar-refractivity contribution in [3.05, 3.63) is 34.2 Å². The highest BCUT2D eigenvalue weighted by Crippen LogP contribution is 2.35. The molecule has 0 aliphatic heterocycles. The first-order valence-electron chi connectivity index (χ1n) is 7.18. The van der Waals surface area contributed by atoms with Crippen molar-refractivity contribution in [3.63, 3.8) is 0 Å². The van der Waals surface area contributed by atoms with Gasteiger partial charge in [0.2, 0.25) is 0 Å². The Bertz CT molecular complexity index is 707. The summed E-state index contributed by atoms with van der Waals surface area (Å²) in [5.41, 5.74) is 3.75. The average molecular weight is 321 g/mol. The standard InChI is InChI=1S/C16H17ClN2OS/c1-10-5-4-6-11(9-10)18-19-16(20)15-14(17)12-7-2-3-8-13(12)21-15/h2-3,7-8,10H,4-6,9H2,1H3,(H,19,20)/b18-11+. The quantitative estimate of drug-likeness (QED) is 0.789. The van der Waals surface area contributed by atoms with Gasteiger partial charge in [0.25, 0.3) is 5.91 Å². The third-order valence-corrected chi connectivity index (χ3v) is 5.48. The van der Waals surface area contributed by atoms with E-state index < -0.39 is 0 Å². The summed E-state index contributed by atoms with van der Waals surface area (Å²) in [5.74, 6) is 0.439. The molecule has 1 unspecified atom stereocenters. The minimum Gasteiger partial charge on any atom is -0.266 e. The first-order valence-corrected chi connectivity index (χ1v) is 8.37. The normalized spacial score (nSPS) is 20.9. The fourth-order valence-electron chi connectivity index (χ4n) is 2.70. The smallest absolute Gasteiger partial charge is 0.266 e. The Morgan fingerprint density at radius 2 is 2.24 bits per heavy atom. The molecule has 0 radical (unpaired) electrons. The molecule has 1 atom stereocenters. The van der Waals surface area contributed by atoms with Crippen LogP contribution in [-0.2, 0) is 0 Å². The van der Waals surface area contributed by atoms with E-state index in [1.54, 1.807) is 0 Å². The topological polar surface area (TPSA) is 41.5 Å². The number of halogens is 1. The average Bonchev–Trinajstić information content (AvgIpc) is 2.83. The number of thiophene rings is 1. The van der Waals surface area contributed by atoms with Crippen LogP contribution in [0.1, 0.15) is 42.3 Å². The lowest BCUT2D eigenvalue weighted by atomic mass is 9.89. The second kappa shape index (κ2) is 6.16. The van der Waals surface area contributed by atoms with Gasteiger partial charge in [0, 0.05) is 15.8 Å². The lowest BCUT2D eigenvalue weighted by Crippen LogP contribution is -2.21. The summed E-state index contributed by atoms with van der Waals surface area (Å²) in [7, 11) is 0. The zero-order valence-corrected chi connectivity index (χ0v) is 13.4. The van der Waals surface area contributed by atoms with Gasteiger partial charge in [0.15, 0.2) is 0 Å². The first-order chi connectivity index (χ1) is 10.1. The van der Waals surface area contributed by atoms with Crippen LogP contribution in [0, 0.1) is 5.92 Å². The van der Waals surface area contributed by atoms with Crippen LogP contribution in [-0.4, -0.2) is 11.6 Å². The van der Waals surface area contributed by atoms with E-state index in [9.17, 15) is 4.79 Å². The summed E-state index contributed by atoms with van der Waals surface area (Å²) >= 11 is 7.70. The van der Waals surface area contributed by atoms with Crippen molar-refractivity contribution in [2.75, 3.05) is 0 Å². The highest BCUT2D eigenvalue weighted by Gasteiger charge is 2.18. The Kier molecular flexibility index (Phi) is 4.27. The molecule has 1 fully saturated rings. The molecule has 0 spiro atoms. The molecule has 5 heteroatoms. The van der Waals surface area contributed by atoms with Gasteiger partial charge in [-0.2, -0.15) is 5.10 Å². The number of benzene rings is 1. The van der Waals surface area contributed by atoms with Crippen LogP contribution in [0.4, 0.5) is 0 Å². The molecule has 1 saturated carbocycles. The van der Waals surface area contributed by atoms with Gasteiger partial charge in [-0.25, -0.2) is 5.43 Å². The monoisotopic (exact) mass is 320 g/mol. The van der Waals surface area contributed by atoms with Gasteiger partial charge in [-0.15, -0.1) is 11.3 Å². The van der Waals surface area contributed by atoms with Crippen molar-refractivity contribution in [1.29, 1.82) is 0 Å². The van der Waals surface area contributed by atoms with Crippen molar-refractivity contribution in [1.82, 2.24) is 5.43 Å². The van der Waals surface area contributed by atoms with Crippen molar-refractivity contribution in [3.8, 4) is 0 Å². The fraction of sp³-hybridized carbons (Fsp3) is 0.375. The SMILES string of the molecule is CC1CCC/C(=N\NC(=O)c2sc3ccccc3c2Cl)C1. The summed E-state index contributed by atoms with van der Waals surface area (Å²) in [4.78, 5) is 12.8. The maximum Gasteiger partial charge on any atom is 0.283 e. The molecule has 1 aliphatic rings. The van der Waals surface area contributed by atoms with Gasteiger partial charge in [-0.1, -0.05) is 36.7 Å². The zero-order valence-electron chi connectivity index (χ0n) is 11.9. The van der Waals surface area contributed by atoms with E-state index in [2.05, 4.69) is 17.5 Å². The number of carbonyl (C=O) groups excluding carboxylic acids is 1. The summed E-state index contributed by atoms with van der Waals surface area (Å²) in [5, 5.41) is 5.73. The molecule has 1 aromatic heterocycles. The van der Waals surface area contributed by atoms with Crippen LogP contribution in [0.15, 0.2) is 29.4 Å². The summed E-state index contributed by atoms with van der Waals surface area (Å²) in [6.45, 7) is 2.22. The summed E-state index contributed by atoms with van der Waals surface area (Å²) in [6.07, 6.45) is 4.35. The number of amides is 1. The van der Waals surface area contributed by atoms with Crippen molar-refractivity contribution in [2.24, 2.45) is 11.0 Å². The molecule has 110 valence electrons. The minimum absolute atomic E-state index is 0.216. The number of hydrogen-bond donors (Lipinski definition) is 1. The largest absolute Gasteiger partial charge is 0.283 e. The van der Waals surface area contributed by atoms with Gasteiger partial charge in [0.1, 0.15) is 4.88 Å².